The molecule has 0 aliphatic carbocycles. The molecule has 0 spiro atoms. The van der Waals surface area contributed by atoms with Crippen LogP contribution in [-0.2, 0) is 6.54 Å². The molecule has 0 aliphatic heterocycles. The van der Waals surface area contributed by atoms with Crippen LogP contribution in [-0.4, -0.2) is 16.7 Å². The molecular formula is C11H10F3N3O. The third kappa shape index (κ3) is 2.51. The summed E-state index contributed by atoms with van der Waals surface area (Å²) in [5.74, 6) is -3.81. The first-order valence-electron chi connectivity index (χ1n) is 5.30. The van der Waals surface area contributed by atoms with E-state index in [2.05, 4.69) is 15.5 Å². The third-order valence-electron chi connectivity index (χ3n) is 2.23. The van der Waals surface area contributed by atoms with Crippen LogP contribution in [0.5, 0.6) is 0 Å². The van der Waals surface area contributed by atoms with Crippen LogP contribution in [0.4, 0.5) is 13.2 Å². The van der Waals surface area contributed by atoms with Crippen molar-refractivity contribution >= 4 is 0 Å². The van der Waals surface area contributed by atoms with Gasteiger partial charge in [0.2, 0.25) is 0 Å². The molecule has 0 unspecified atom stereocenters. The van der Waals surface area contributed by atoms with E-state index >= 15 is 0 Å². The molecule has 1 heterocycles. The first kappa shape index (κ1) is 12.6. The van der Waals surface area contributed by atoms with Crippen LogP contribution in [0, 0.1) is 17.5 Å². The van der Waals surface area contributed by atoms with Gasteiger partial charge in [-0.05, 0) is 18.7 Å². The molecule has 0 saturated heterocycles. The van der Waals surface area contributed by atoms with Crippen molar-refractivity contribution < 1.29 is 17.7 Å². The number of hydrogen-bond donors (Lipinski definition) is 1. The fraction of sp³-hybridized carbons (Fsp3) is 0.273. The van der Waals surface area contributed by atoms with Gasteiger partial charge in [-0.15, -0.1) is 0 Å². The Labute approximate surface area is 101 Å². The van der Waals surface area contributed by atoms with Crippen molar-refractivity contribution in [1.29, 1.82) is 0 Å². The maximum Gasteiger partial charge on any atom is 0.258 e. The molecule has 18 heavy (non-hydrogen) atoms. The number of hydrogen-bond acceptors (Lipinski definition) is 4. The number of rotatable bonds is 4. The van der Waals surface area contributed by atoms with Gasteiger partial charge in [-0.3, -0.25) is 0 Å². The van der Waals surface area contributed by atoms with E-state index in [1.807, 2.05) is 6.92 Å². The van der Waals surface area contributed by atoms with E-state index in [9.17, 15) is 13.2 Å². The standard InChI is InChI=1S/C11H10F3N3O/c1-2-15-5-9-16-11(18-17-9)6-3-7(12)10(14)8(13)4-6/h3-4,15H,2,5H2,1H3. The van der Waals surface area contributed by atoms with Crippen molar-refractivity contribution in [2.45, 2.75) is 13.5 Å². The van der Waals surface area contributed by atoms with Crippen LogP contribution >= 0.6 is 0 Å². The predicted octanol–water partition coefficient (Wildman–Crippen LogP) is 2.26. The van der Waals surface area contributed by atoms with Gasteiger partial charge < -0.3 is 9.84 Å². The number of benzene rings is 1. The second-order valence-electron chi connectivity index (χ2n) is 3.55. The third-order valence-corrected chi connectivity index (χ3v) is 2.23. The van der Waals surface area contributed by atoms with Gasteiger partial charge in [-0.25, -0.2) is 13.2 Å². The second-order valence-corrected chi connectivity index (χ2v) is 3.55. The summed E-state index contributed by atoms with van der Waals surface area (Å²) >= 11 is 0. The maximum atomic E-state index is 13.0. The van der Waals surface area contributed by atoms with Crippen molar-refractivity contribution in [2.75, 3.05) is 6.54 Å². The van der Waals surface area contributed by atoms with E-state index in [0.717, 1.165) is 18.7 Å². The Bertz CT molecular complexity index is 533. The molecule has 0 atom stereocenters. The quantitative estimate of drug-likeness (QED) is 0.853. The summed E-state index contributed by atoms with van der Waals surface area (Å²) in [4.78, 5) is 3.93. The smallest absolute Gasteiger partial charge is 0.258 e. The van der Waals surface area contributed by atoms with Crippen molar-refractivity contribution in [3.05, 3.63) is 35.4 Å². The highest BCUT2D eigenvalue weighted by molar-refractivity contribution is 5.53. The average molecular weight is 257 g/mol. The van der Waals surface area contributed by atoms with Crippen LogP contribution in [0.2, 0.25) is 0 Å². The normalized spacial score (nSPS) is 10.9. The molecule has 0 aliphatic rings. The molecule has 0 saturated carbocycles. The molecule has 1 aromatic heterocycles. The Hall–Kier alpha value is -1.89. The summed E-state index contributed by atoms with van der Waals surface area (Å²) in [6.45, 7) is 3.02. The zero-order chi connectivity index (χ0) is 13.1. The molecule has 2 rings (SSSR count). The Morgan fingerprint density at radius 2 is 1.89 bits per heavy atom. The second kappa shape index (κ2) is 5.18. The fourth-order valence-electron chi connectivity index (χ4n) is 1.36. The van der Waals surface area contributed by atoms with E-state index in [1.54, 1.807) is 0 Å². The Morgan fingerprint density at radius 1 is 1.22 bits per heavy atom. The summed E-state index contributed by atoms with van der Waals surface area (Å²) in [6.07, 6.45) is 0. The van der Waals surface area contributed by atoms with E-state index in [-0.39, 0.29) is 11.5 Å². The first-order chi connectivity index (χ1) is 8.61. The van der Waals surface area contributed by atoms with Crippen LogP contribution in [0.3, 0.4) is 0 Å². The van der Waals surface area contributed by atoms with Crippen LogP contribution in [0.15, 0.2) is 16.7 Å². The molecule has 96 valence electrons. The minimum absolute atomic E-state index is 0.00153. The largest absolute Gasteiger partial charge is 0.334 e. The maximum absolute atomic E-state index is 13.0. The lowest BCUT2D eigenvalue weighted by atomic mass is 10.2. The van der Waals surface area contributed by atoms with Gasteiger partial charge in [-0.2, -0.15) is 4.98 Å². The topological polar surface area (TPSA) is 51.0 Å². The zero-order valence-corrected chi connectivity index (χ0v) is 9.51. The fourth-order valence-corrected chi connectivity index (χ4v) is 1.36. The van der Waals surface area contributed by atoms with Crippen molar-refractivity contribution in [3.8, 4) is 11.5 Å². The summed E-state index contributed by atoms with van der Waals surface area (Å²) in [5, 5.41) is 6.59. The summed E-state index contributed by atoms with van der Waals surface area (Å²) < 4.78 is 43.6. The Balaban J connectivity index is 2.28. The Morgan fingerprint density at radius 3 is 2.50 bits per heavy atom. The van der Waals surface area contributed by atoms with E-state index in [4.69, 9.17) is 4.52 Å². The predicted molar refractivity (Wildman–Crippen MR) is 57.0 cm³/mol. The summed E-state index contributed by atoms with van der Waals surface area (Å²) in [6, 6.07) is 1.62. The minimum Gasteiger partial charge on any atom is -0.334 e. The highest BCUT2D eigenvalue weighted by Crippen LogP contribution is 2.22. The van der Waals surface area contributed by atoms with Gasteiger partial charge in [0.1, 0.15) is 0 Å². The first-order valence-corrected chi connectivity index (χ1v) is 5.30. The number of nitrogens with zero attached hydrogens (tertiary/aromatic N) is 2. The van der Waals surface area contributed by atoms with Gasteiger partial charge in [0, 0.05) is 5.56 Å². The van der Waals surface area contributed by atoms with Gasteiger partial charge in [-0.1, -0.05) is 12.1 Å². The molecule has 0 amide bonds. The van der Waals surface area contributed by atoms with Crippen molar-refractivity contribution in [1.82, 2.24) is 15.5 Å². The molecule has 7 heteroatoms. The molecule has 2 aromatic rings. The lowest BCUT2D eigenvalue weighted by Crippen LogP contribution is -2.12. The molecular weight excluding hydrogens is 247 g/mol. The zero-order valence-electron chi connectivity index (χ0n) is 9.51. The highest BCUT2D eigenvalue weighted by atomic mass is 19.2. The lowest BCUT2D eigenvalue weighted by molar-refractivity contribution is 0.417. The summed E-state index contributed by atoms with van der Waals surface area (Å²) in [7, 11) is 0. The Kier molecular flexibility index (Phi) is 3.61. The van der Waals surface area contributed by atoms with E-state index in [0.29, 0.717) is 12.4 Å². The van der Waals surface area contributed by atoms with E-state index in [1.165, 1.54) is 0 Å². The molecule has 0 radical (unpaired) electrons. The molecule has 4 nitrogen and oxygen atoms in total. The van der Waals surface area contributed by atoms with E-state index < -0.39 is 17.5 Å². The molecule has 0 bridgehead atoms. The highest BCUT2D eigenvalue weighted by Gasteiger charge is 2.15. The monoisotopic (exact) mass is 257 g/mol. The van der Waals surface area contributed by atoms with Crippen LogP contribution in [0.25, 0.3) is 11.5 Å². The SMILES string of the molecule is CCNCc1noc(-c2cc(F)c(F)c(F)c2)n1. The molecule has 0 fully saturated rings. The van der Waals surface area contributed by atoms with Crippen molar-refractivity contribution in [3.63, 3.8) is 0 Å². The number of nitrogens with one attached hydrogen (secondary N) is 1. The van der Waals surface area contributed by atoms with Gasteiger partial charge >= 0.3 is 0 Å². The van der Waals surface area contributed by atoms with Gasteiger partial charge in [0.25, 0.3) is 5.89 Å². The summed E-state index contributed by atoms with van der Waals surface area (Å²) in [5.41, 5.74) is 0.00153. The minimum atomic E-state index is -1.52. The van der Waals surface area contributed by atoms with Crippen LogP contribution in [0.1, 0.15) is 12.7 Å². The van der Waals surface area contributed by atoms with Gasteiger partial charge in [0.15, 0.2) is 23.3 Å². The van der Waals surface area contributed by atoms with Crippen LogP contribution < -0.4 is 5.32 Å². The van der Waals surface area contributed by atoms with Crippen molar-refractivity contribution in [2.24, 2.45) is 0 Å². The molecule has 1 aromatic carbocycles. The number of halogens is 3. The van der Waals surface area contributed by atoms with Gasteiger partial charge in [0.05, 0.1) is 6.54 Å². The molecule has 1 N–H and O–H groups in total. The average Bonchev–Trinajstić information content (AvgIpc) is 2.81. The lowest BCUT2D eigenvalue weighted by Gasteiger charge is -1.98. The number of aromatic nitrogens is 2.